The van der Waals surface area contributed by atoms with Crippen LogP contribution in [0.25, 0.3) is 10.9 Å². The molecule has 0 radical (unpaired) electrons. The first kappa shape index (κ1) is 16.7. The van der Waals surface area contributed by atoms with E-state index in [-0.39, 0.29) is 11.4 Å². The molecule has 0 aliphatic carbocycles. The second-order valence-electron chi connectivity index (χ2n) is 5.83. The predicted octanol–water partition coefficient (Wildman–Crippen LogP) is 3.44. The van der Waals surface area contributed by atoms with Crippen LogP contribution < -0.4 is 4.72 Å². The van der Waals surface area contributed by atoms with E-state index in [9.17, 15) is 12.8 Å². The molecule has 0 bridgehead atoms. The Hall–Kier alpha value is -2.18. The predicted molar refractivity (Wildman–Crippen MR) is 93.1 cm³/mol. The first-order valence-corrected chi connectivity index (χ1v) is 9.19. The SMILES string of the molecule is Cc1cc(S(=O)(=O)NCCc2c(C)[nH]c3ccccc23)ccc1F. The Balaban J connectivity index is 1.75. The van der Waals surface area contributed by atoms with E-state index in [0.717, 1.165) is 22.2 Å². The third-order valence-electron chi connectivity index (χ3n) is 4.13. The van der Waals surface area contributed by atoms with Crippen LogP contribution in [0.5, 0.6) is 0 Å². The van der Waals surface area contributed by atoms with E-state index in [1.807, 2.05) is 31.2 Å². The molecule has 6 heteroatoms. The molecule has 2 aromatic carbocycles. The summed E-state index contributed by atoms with van der Waals surface area (Å²) < 4.78 is 40.5. The molecule has 0 amide bonds. The van der Waals surface area contributed by atoms with Crippen molar-refractivity contribution in [3.8, 4) is 0 Å². The van der Waals surface area contributed by atoms with Gasteiger partial charge in [0.15, 0.2) is 0 Å². The highest BCUT2D eigenvalue weighted by molar-refractivity contribution is 7.89. The number of aryl methyl sites for hydroxylation is 2. The smallest absolute Gasteiger partial charge is 0.240 e. The Morgan fingerprint density at radius 3 is 2.62 bits per heavy atom. The maximum absolute atomic E-state index is 13.3. The minimum Gasteiger partial charge on any atom is -0.358 e. The fourth-order valence-electron chi connectivity index (χ4n) is 2.83. The number of sulfonamides is 1. The molecule has 0 saturated heterocycles. The Morgan fingerprint density at radius 1 is 1.12 bits per heavy atom. The summed E-state index contributed by atoms with van der Waals surface area (Å²) in [5, 5.41) is 1.10. The molecule has 0 aliphatic heterocycles. The monoisotopic (exact) mass is 346 g/mol. The van der Waals surface area contributed by atoms with Crippen LogP contribution in [0.4, 0.5) is 4.39 Å². The molecule has 3 aromatic rings. The lowest BCUT2D eigenvalue weighted by atomic mass is 10.1. The minimum atomic E-state index is -3.65. The van der Waals surface area contributed by atoms with E-state index in [4.69, 9.17) is 0 Å². The van der Waals surface area contributed by atoms with Gasteiger partial charge in [-0.05, 0) is 55.7 Å². The Morgan fingerprint density at radius 2 is 1.88 bits per heavy atom. The van der Waals surface area contributed by atoms with Crippen LogP contribution in [-0.2, 0) is 16.4 Å². The van der Waals surface area contributed by atoms with Crippen LogP contribution >= 0.6 is 0 Å². The fourth-order valence-corrected chi connectivity index (χ4v) is 3.95. The van der Waals surface area contributed by atoms with Gasteiger partial charge in [0.2, 0.25) is 10.0 Å². The van der Waals surface area contributed by atoms with Crippen molar-refractivity contribution in [3.63, 3.8) is 0 Å². The number of aromatic nitrogens is 1. The van der Waals surface area contributed by atoms with Crippen LogP contribution in [-0.4, -0.2) is 19.9 Å². The second-order valence-corrected chi connectivity index (χ2v) is 7.60. The highest BCUT2D eigenvalue weighted by Crippen LogP contribution is 2.22. The van der Waals surface area contributed by atoms with Crippen LogP contribution in [0.3, 0.4) is 0 Å². The zero-order chi connectivity index (χ0) is 17.3. The minimum absolute atomic E-state index is 0.0806. The molecule has 126 valence electrons. The maximum atomic E-state index is 13.3. The molecule has 0 unspecified atom stereocenters. The third-order valence-corrected chi connectivity index (χ3v) is 5.59. The molecule has 0 fully saturated rings. The van der Waals surface area contributed by atoms with Gasteiger partial charge in [-0.25, -0.2) is 17.5 Å². The summed E-state index contributed by atoms with van der Waals surface area (Å²) in [4.78, 5) is 3.38. The number of para-hydroxylation sites is 1. The van der Waals surface area contributed by atoms with Crippen LogP contribution in [0.2, 0.25) is 0 Å². The molecular weight excluding hydrogens is 327 g/mol. The van der Waals surface area contributed by atoms with E-state index in [1.54, 1.807) is 6.92 Å². The van der Waals surface area contributed by atoms with Crippen molar-refractivity contribution in [1.29, 1.82) is 0 Å². The van der Waals surface area contributed by atoms with Crippen molar-refractivity contribution in [2.45, 2.75) is 25.2 Å². The number of rotatable bonds is 5. The summed E-state index contributed by atoms with van der Waals surface area (Å²) in [7, 11) is -3.65. The highest BCUT2D eigenvalue weighted by Gasteiger charge is 2.15. The van der Waals surface area contributed by atoms with Gasteiger partial charge in [0, 0.05) is 23.1 Å². The number of H-pyrrole nitrogens is 1. The number of hydrogen-bond donors (Lipinski definition) is 2. The normalized spacial score (nSPS) is 12.0. The van der Waals surface area contributed by atoms with Gasteiger partial charge in [-0.1, -0.05) is 18.2 Å². The first-order chi connectivity index (χ1) is 11.4. The van der Waals surface area contributed by atoms with Crippen molar-refractivity contribution < 1.29 is 12.8 Å². The number of nitrogens with one attached hydrogen (secondary N) is 2. The van der Waals surface area contributed by atoms with Gasteiger partial charge in [0.05, 0.1) is 4.90 Å². The molecular formula is C18H19FN2O2S. The van der Waals surface area contributed by atoms with Crippen molar-refractivity contribution in [3.05, 3.63) is 65.1 Å². The van der Waals surface area contributed by atoms with Crippen LogP contribution in [0.15, 0.2) is 47.4 Å². The zero-order valence-corrected chi connectivity index (χ0v) is 14.4. The molecule has 3 rings (SSSR count). The summed E-state index contributed by atoms with van der Waals surface area (Å²) in [5.41, 5.74) is 3.49. The summed E-state index contributed by atoms with van der Waals surface area (Å²) in [6.45, 7) is 3.80. The summed E-state index contributed by atoms with van der Waals surface area (Å²) in [6.07, 6.45) is 0.579. The molecule has 0 spiro atoms. The molecule has 1 aromatic heterocycles. The molecule has 0 aliphatic rings. The van der Waals surface area contributed by atoms with E-state index in [2.05, 4.69) is 9.71 Å². The van der Waals surface area contributed by atoms with Crippen molar-refractivity contribution in [1.82, 2.24) is 9.71 Å². The van der Waals surface area contributed by atoms with Gasteiger partial charge in [-0.3, -0.25) is 0 Å². The zero-order valence-electron chi connectivity index (χ0n) is 13.6. The molecule has 1 heterocycles. The molecule has 0 atom stereocenters. The molecule has 24 heavy (non-hydrogen) atoms. The van der Waals surface area contributed by atoms with Crippen molar-refractivity contribution >= 4 is 20.9 Å². The average molecular weight is 346 g/mol. The lowest BCUT2D eigenvalue weighted by Crippen LogP contribution is -2.26. The van der Waals surface area contributed by atoms with E-state index < -0.39 is 15.8 Å². The third kappa shape index (κ3) is 3.20. The first-order valence-electron chi connectivity index (χ1n) is 7.70. The topological polar surface area (TPSA) is 62.0 Å². The summed E-state index contributed by atoms with van der Waals surface area (Å²) in [6, 6.07) is 11.7. The standard InChI is InChI=1S/C18H19FN2O2S/c1-12-11-14(7-8-17(12)19)24(22,23)20-10-9-15-13(2)21-18-6-4-3-5-16(15)18/h3-8,11,20-21H,9-10H2,1-2H3. The van der Waals surface area contributed by atoms with Gasteiger partial charge >= 0.3 is 0 Å². The van der Waals surface area contributed by atoms with Crippen LogP contribution in [0.1, 0.15) is 16.8 Å². The number of benzene rings is 2. The summed E-state index contributed by atoms with van der Waals surface area (Å²) >= 11 is 0. The van der Waals surface area contributed by atoms with E-state index in [1.165, 1.54) is 18.2 Å². The van der Waals surface area contributed by atoms with Gasteiger partial charge in [0.1, 0.15) is 5.82 Å². The Kier molecular flexibility index (Phi) is 4.43. The average Bonchev–Trinajstić information content (AvgIpc) is 2.86. The highest BCUT2D eigenvalue weighted by atomic mass is 32.2. The van der Waals surface area contributed by atoms with Gasteiger partial charge in [0.25, 0.3) is 0 Å². The molecule has 2 N–H and O–H groups in total. The fraction of sp³-hybridized carbons (Fsp3) is 0.222. The maximum Gasteiger partial charge on any atom is 0.240 e. The number of hydrogen-bond acceptors (Lipinski definition) is 2. The largest absolute Gasteiger partial charge is 0.358 e. The van der Waals surface area contributed by atoms with Crippen LogP contribution in [0, 0.1) is 19.7 Å². The van der Waals surface area contributed by atoms with Gasteiger partial charge in [-0.2, -0.15) is 0 Å². The van der Waals surface area contributed by atoms with Gasteiger partial charge in [-0.15, -0.1) is 0 Å². The van der Waals surface area contributed by atoms with Crippen molar-refractivity contribution in [2.75, 3.05) is 6.54 Å². The van der Waals surface area contributed by atoms with Crippen molar-refractivity contribution in [2.24, 2.45) is 0 Å². The Bertz CT molecular complexity index is 993. The number of aromatic amines is 1. The molecule has 4 nitrogen and oxygen atoms in total. The quantitative estimate of drug-likeness (QED) is 0.743. The van der Waals surface area contributed by atoms with Gasteiger partial charge < -0.3 is 4.98 Å². The van der Waals surface area contributed by atoms with E-state index in [0.29, 0.717) is 12.0 Å². The number of fused-ring (bicyclic) bond motifs is 1. The lowest BCUT2D eigenvalue weighted by molar-refractivity contribution is 0.580. The lowest BCUT2D eigenvalue weighted by Gasteiger charge is -2.08. The summed E-state index contributed by atoms with van der Waals surface area (Å²) in [5.74, 6) is -0.414. The number of halogens is 1. The second kappa shape index (κ2) is 6.37. The Labute approximate surface area is 140 Å². The molecule has 0 saturated carbocycles. The van der Waals surface area contributed by atoms with E-state index >= 15 is 0 Å².